The third kappa shape index (κ3) is 4.34. The van der Waals surface area contributed by atoms with Gasteiger partial charge in [-0.25, -0.2) is 0 Å². The van der Waals surface area contributed by atoms with E-state index in [1.165, 1.54) is 0 Å². The smallest absolute Gasteiger partial charge is 0.223 e. The molecule has 0 saturated heterocycles. The molecule has 0 radical (unpaired) electrons. The molecule has 1 amide bonds. The number of carbonyl (C=O) groups is 1. The molecule has 3 nitrogen and oxygen atoms in total. The van der Waals surface area contributed by atoms with Crippen LogP contribution in [-0.4, -0.2) is 23.7 Å². The molecule has 2 N–H and O–H groups in total. The van der Waals surface area contributed by atoms with Gasteiger partial charge in [0.25, 0.3) is 0 Å². The summed E-state index contributed by atoms with van der Waals surface area (Å²) in [5.41, 5.74) is 2.22. The molecule has 0 bridgehead atoms. The molecule has 3 atom stereocenters. The Labute approximate surface area is 141 Å². The summed E-state index contributed by atoms with van der Waals surface area (Å²) in [6.45, 7) is 0.289. The third-order valence-electron chi connectivity index (χ3n) is 4.25. The summed E-state index contributed by atoms with van der Waals surface area (Å²) < 4.78 is 0. The zero-order valence-corrected chi connectivity index (χ0v) is 13.5. The van der Waals surface area contributed by atoms with Gasteiger partial charge in [-0.2, -0.15) is 0 Å². The summed E-state index contributed by atoms with van der Waals surface area (Å²) in [6.07, 6.45) is 0.850. The molecule has 1 aliphatic carbocycles. The van der Waals surface area contributed by atoms with Gasteiger partial charge >= 0.3 is 0 Å². The number of halogens is 1. The van der Waals surface area contributed by atoms with Crippen molar-refractivity contribution in [2.45, 2.75) is 24.9 Å². The first-order chi connectivity index (χ1) is 11.1. The van der Waals surface area contributed by atoms with Crippen LogP contribution >= 0.6 is 11.6 Å². The Morgan fingerprint density at radius 1 is 1.17 bits per heavy atom. The van der Waals surface area contributed by atoms with Crippen LogP contribution in [0.1, 0.15) is 23.5 Å². The van der Waals surface area contributed by atoms with Crippen LogP contribution in [-0.2, 0) is 11.2 Å². The van der Waals surface area contributed by atoms with Crippen molar-refractivity contribution in [2.24, 2.45) is 5.92 Å². The van der Waals surface area contributed by atoms with E-state index >= 15 is 0 Å². The zero-order valence-electron chi connectivity index (χ0n) is 12.8. The number of amides is 1. The van der Waals surface area contributed by atoms with E-state index < -0.39 is 6.10 Å². The van der Waals surface area contributed by atoms with E-state index in [9.17, 15) is 9.90 Å². The van der Waals surface area contributed by atoms with Crippen LogP contribution in [0.25, 0.3) is 0 Å². The van der Waals surface area contributed by atoms with Crippen molar-refractivity contribution in [1.29, 1.82) is 0 Å². The Morgan fingerprint density at radius 2 is 1.87 bits per heavy atom. The average molecular weight is 330 g/mol. The molecule has 3 unspecified atom stereocenters. The first-order valence-corrected chi connectivity index (χ1v) is 8.26. The Morgan fingerprint density at radius 3 is 2.57 bits per heavy atom. The highest BCUT2D eigenvalue weighted by Gasteiger charge is 2.43. The Kier molecular flexibility index (Phi) is 4.99. The molecule has 3 rings (SSSR count). The quantitative estimate of drug-likeness (QED) is 0.855. The van der Waals surface area contributed by atoms with E-state index in [-0.39, 0.29) is 24.3 Å². The van der Waals surface area contributed by atoms with E-state index in [0.717, 1.165) is 17.5 Å². The van der Waals surface area contributed by atoms with Gasteiger partial charge in [0.2, 0.25) is 5.91 Å². The van der Waals surface area contributed by atoms with Crippen molar-refractivity contribution in [2.75, 3.05) is 6.54 Å². The zero-order chi connectivity index (χ0) is 16.2. The third-order valence-corrected chi connectivity index (χ3v) is 4.50. The highest BCUT2D eigenvalue weighted by atomic mass is 35.5. The van der Waals surface area contributed by atoms with Crippen LogP contribution in [0.4, 0.5) is 0 Å². The molecule has 1 aliphatic rings. The van der Waals surface area contributed by atoms with Gasteiger partial charge < -0.3 is 10.4 Å². The first-order valence-electron chi connectivity index (χ1n) is 7.88. The maximum atomic E-state index is 12.2. The molecule has 23 heavy (non-hydrogen) atoms. The minimum absolute atomic E-state index is 0.0140. The molecular weight excluding hydrogens is 310 g/mol. The largest absolute Gasteiger partial charge is 0.391 e. The standard InChI is InChI=1S/C19H20ClNO2/c20-15-8-6-14(7-9-15)17-11-18(17)19(23)21-12-16(22)10-13-4-2-1-3-5-13/h1-9,16-18,22H,10-12H2,(H,21,23). The minimum Gasteiger partial charge on any atom is -0.391 e. The number of aliphatic hydroxyl groups excluding tert-OH is 1. The Hall–Kier alpha value is -1.84. The molecular formula is C19H20ClNO2. The summed E-state index contributed by atoms with van der Waals surface area (Å²) in [4.78, 5) is 12.2. The number of hydrogen-bond acceptors (Lipinski definition) is 2. The molecule has 0 aromatic heterocycles. The first kappa shape index (κ1) is 16.0. The van der Waals surface area contributed by atoms with Crippen LogP contribution in [0, 0.1) is 5.92 Å². The maximum Gasteiger partial charge on any atom is 0.223 e. The summed E-state index contributed by atoms with van der Waals surface area (Å²) in [7, 11) is 0. The lowest BCUT2D eigenvalue weighted by Crippen LogP contribution is -2.34. The van der Waals surface area contributed by atoms with Crippen LogP contribution in [0.5, 0.6) is 0 Å². The molecule has 2 aromatic rings. The molecule has 2 aromatic carbocycles. The van der Waals surface area contributed by atoms with Gasteiger partial charge in [0.15, 0.2) is 0 Å². The predicted octanol–water partition coefficient (Wildman–Crippen LogP) is 3.16. The fourth-order valence-corrected chi connectivity index (χ4v) is 3.00. The van der Waals surface area contributed by atoms with Crippen LogP contribution < -0.4 is 5.32 Å². The monoisotopic (exact) mass is 329 g/mol. The van der Waals surface area contributed by atoms with Gasteiger partial charge in [-0.15, -0.1) is 0 Å². The van der Waals surface area contributed by atoms with Gasteiger partial charge in [0, 0.05) is 23.9 Å². The molecule has 4 heteroatoms. The van der Waals surface area contributed by atoms with E-state index in [0.29, 0.717) is 11.4 Å². The van der Waals surface area contributed by atoms with Gasteiger partial charge in [-0.05, 0) is 35.6 Å². The van der Waals surface area contributed by atoms with Crippen molar-refractivity contribution in [1.82, 2.24) is 5.32 Å². The molecule has 0 aliphatic heterocycles. The SMILES string of the molecule is O=C(NCC(O)Cc1ccccc1)C1CC1c1ccc(Cl)cc1. The number of rotatable bonds is 6. The second-order valence-electron chi connectivity index (χ2n) is 6.09. The second-order valence-corrected chi connectivity index (χ2v) is 6.53. The van der Waals surface area contributed by atoms with E-state index in [2.05, 4.69) is 5.32 Å². The second kappa shape index (κ2) is 7.16. The van der Waals surface area contributed by atoms with Crippen LogP contribution in [0.15, 0.2) is 54.6 Å². The average Bonchev–Trinajstić information content (AvgIpc) is 3.35. The Balaban J connectivity index is 1.44. The lowest BCUT2D eigenvalue weighted by atomic mass is 10.1. The number of carbonyl (C=O) groups excluding carboxylic acids is 1. The summed E-state index contributed by atoms with van der Waals surface area (Å²) in [5, 5.41) is 13.6. The highest BCUT2D eigenvalue weighted by molar-refractivity contribution is 6.30. The maximum absolute atomic E-state index is 12.2. The molecule has 1 saturated carbocycles. The number of nitrogens with one attached hydrogen (secondary N) is 1. The predicted molar refractivity (Wildman–Crippen MR) is 91.5 cm³/mol. The topological polar surface area (TPSA) is 49.3 Å². The molecule has 0 spiro atoms. The normalized spacial score (nSPS) is 20.8. The van der Waals surface area contributed by atoms with Crippen LogP contribution in [0.3, 0.4) is 0 Å². The van der Waals surface area contributed by atoms with Gasteiger partial charge in [0.1, 0.15) is 0 Å². The van der Waals surface area contributed by atoms with E-state index in [1.807, 2.05) is 54.6 Å². The molecule has 1 fully saturated rings. The molecule has 0 heterocycles. The lowest BCUT2D eigenvalue weighted by Gasteiger charge is -2.12. The summed E-state index contributed by atoms with van der Waals surface area (Å²) in [6, 6.07) is 17.5. The van der Waals surface area contributed by atoms with Crippen molar-refractivity contribution >= 4 is 17.5 Å². The fourth-order valence-electron chi connectivity index (χ4n) is 2.87. The van der Waals surface area contributed by atoms with Gasteiger partial charge in [-0.1, -0.05) is 54.1 Å². The van der Waals surface area contributed by atoms with Crippen molar-refractivity contribution in [3.8, 4) is 0 Å². The lowest BCUT2D eigenvalue weighted by molar-refractivity contribution is -0.122. The van der Waals surface area contributed by atoms with Gasteiger partial charge in [0.05, 0.1) is 6.10 Å². The van der Waals surface area contributed by atoms with Crippen molar-refractivity contribution < 1.29 is 9.90 Å². The number of aliphatic hydroxyl groups is 1. The minimum atomic E-state index is -0.561. The van der Waals surface area contributed by atoms with E-state index in [1.54, 1.807) is 0 Å². The highest BCUT2D eigenvalue weighted by Crippen LogP contribution is 2.47. The van der Waals surface area contributed by atoms with Crippen LogP contribution in [0.2, 0.25) is 5.02 Å². The van der Waals surface area contributed by atoms with E-state index in [4.69, 9.17) is 11.6 Å². The fraction of sp³-hybridized carbons (Fsp3) is 0.316. The number of hydrogen-bond donors (Lipinski definition) is 2. The number of benzene rings is 2. The Bertz CT molecular complexity index is 657. The molecule has 120 valence electrons. The summed E-state index contributed by atoms with van der Waals surface area (Å²) in [5.74, 6) is 0.315. The van der Waals surface area contributed by atoms with Crippen molar-refractivity contribution in [3.05, 3.63) is 70.7 Å². The van der Waals surface area contributed by atoms with Gasteiger partial charge in [-0.3, -0.25) is 4.79 Å². The van der Waals surface area contributed by atoms with Crippen molar-refractivity contribution in [3.63, 3.8) is 0 Å². The summed E-state index contributed by atoms with van der Waals surface area (Å²) >= 11 is 5.88.